The first-order valence-corrected chi connectivity index (χ1v) is 17.5. The fourth-order valence-electron chi connectivity index (χ4n) is 10.6. The van der Waals surface area contributed by atoms with Crippen molar-refractivity contribution in [3.63, 3.8) is 0 Å². The van der Waals surface area contributed by atoms with Crippen molar-refractivity contribution < 1.29 is 52.4 Å². The second-order valence-corrected chi connectivity index (χ2v) is 15.2. The van der Waals surface area contributed by atoms with Gasteiger partial charge in [0.05, 0.1) is 24.2 Å². The molecule has 2 saturated carbocycles. The van der Waals surface area contributed by atoms with Gasteiger partial charge in [0.25, 0.3) is 0 Å². The van der Waals surface area contributed by atoms with E-state index in [-0.39, 0.29) is 31.9 Å². The first-order valence-electron chi connectivity index (χ1n) is 17.5. The van der Waals surface area contributed by atoms with E-state index in [2.05, 4.69) is 6.92 Å². The summed E-state index contributed by atoms with van der Waals surface area (Å²) in [6.07, 6.45) is 3.07. The molecule has 2 fully saturated rings. The molecule has 1 aromatic rings. The molecule has 10 nitrogen and oxygen atoms in total. The number of hydrogen-bond acceptors (Lipinski definition) is 10. The van der Waals surface area contributed by atoms with Crippen LogP contribution in [0.25, 0.3) is 0 Å². The maximum absolute atomic E-state index is 14.9. The molecule has 0 spiro atoms. The van der Waals surface area contributed by atoms with Crippen molar-refractivity contribution in [1.82, 2.24) is 0 Å². The summed E-state index contributed by atoms with van der Waals surface area (Å²) < 4.78 is 45.5. The predicted molar refractivity (Wildman–Crippen MR) is 180 cm³/mol. The van der Waals surface area contributed by atoms with E-state index in [0.29, 0.717) is 24.0 Å². The van der Waals surface area contributed by atoms with Crippen molar-refractivity contribution in [2.45, 2.75) is 111 Å². The van der Waals surface area contributed by atoms with Gasteiger partial charge in [0, 0.05) is 44.9 Å². The third-order valence-electron chi connectivity index (χ3n) is 12.4. The Balaban J connectivity index is 1.77. The molecule has 3 aliphatic carbocycles. The second-order valence-electron chi connectivity index (χ2n) is 15.2. The van der Waals surface area contributed by atoms with E-state index in [9.17, 15) is 28.7 Å². The quantitative estimate of drug-likeness (QED) is 0.213. The van der Waals surface area contributed by atoms with Gasteiger partial charge < -0.3 is 28.8 Å². The lowest BCUT2D eigenvalue weighted by molar-refractivity contribution is -0.304. The summed E-state index contributed by atoms with van der Waals surface area (Å²) in [6.45, 7) is 13.0. The lowest BCUT2D eigenvalue weighted by atomic mass is 9.35. The van der Waals surface area contributed by atoms with Crippen LogP contribution in [0.2, 0.25) is 0 Å². The van der Waals surface area contributed by atoms with Crippen LogP contribution in [0, 0.1) is 39.8 Å². The summed E-state index contributed by atoms with van der Waals surface area (Å²) in [5, 5.41) is 12.9. The van der Waals surface area contributed by atoms with Crippen molar-refractivity contribution in [2.75, 3.05) is 13.2 Å². The van der Waals surface area contributed by atoms with E-state index < -0.39 is 87.9 Å². The van der Waals surface area contributed by atoms with Gasteiger partial charge in [-0.05, 0) is 74.1 Å². The van der Waals surface area contributed by atoms with Crippen LogP contribution in [0.1, 0.15) is 80.2 Å². The number of benzene rings is 1. The molecule has 0 aromatic heterocycles. The molecule has 11 heteroatoms. The van der Waals surface area contributed by atoms with Gasteiger partial charge in [-0.25, -0.2) is 4.39 Å². The molecule has 1 N–H and O–H groups in total. The predicted octanol–water partition coefficient (Wildman–Crippen LogP) is 5.44. The van der Waals surface area contributed by atoms with Gasteiger partial charge in [-0.1, -0.05) is 44.2 Å². The Morgan fingerprint density at radius 2 is 1.66 bits per heavy atom. The smallest absolute Gasteiger partial charge is 0.303 e. The molecule has 0 amide bonds. The Morgan fingerprint density at radius 1 is 1.00 bits per heavy atom. The average Bonchev–Trinajstić information content (AvgIpc) is 3.25. The topological polar surface area (TPSA) is 135 Å². The minimum atomic E-state index is -1.46. The maximum atomic E-state index is 14.9. The van der Waals surface area contributed by atoms with E-state index >= 15 is 0 Å². The highest BCUT2D eigenvalue weighted by Gasteiger charge is 2.76. The van der Waals surface area contributed by atoms with E-state index in [0.717, 1.165) is 0 Å². The van der Waals surface area contributed by atoms with Crippen LogP contribution in [-0.2, 0) is 49.3 Å². The first-order chi connectivity index (χ1) is 23.4. The fraction of sp³-hybridized carbons (Fsp3) is 0.641. The van der Waals surface area contributed by atoms with Gasteiger partial charge >= 0.3 is 23.9 Å². The lowest BCUT2D eigenvalue weighted by Crippen LogP contribution is -2.76. The van der Waals surface area contributed by atoms with Crippen LogP contribution in [0.15, 0.2) is 48.1 Å². The molecule has 1 aliphatic heterocycles. The summed E-state index contributed by atoms with van der Waals surface area (Å²) in [5.74, 6) is -4.38. The van der Waals surface area contributed by atoms with Crippen molar-refractivity contribution in [1.29, 1.82) is 0 Å². The number of carbonyl (C=O) groups is 4. The van der Waals surface area contributed by atoms with Gasteiger partial charge in [-0.2, -0.15) is 0 Å². The Hall–Kier alpha value is -3.57. The molecule has 0 saturated heterocycles. The minimum absolute atomic E-state index is 0.0240. The summed E-state index contributed by atoms with van der Waals surface area (Å²) in [6, 6.07) is 6.47. The van der Waals surface area contributed by atoms with Gasteiger partial charge in [-0.15, -0.1) is 0 Å². The van der Waals surface area contributed by atoms with Crippen LogP contribution >= 0.6 is 0 Å². The van der Waals surface area contributed by atoms with Crippen LogP contribution in [-0.4, -0.2) is 72.2 Å². The van der Waals surface area contributed by atoms with E-state index in [1.807, 2.05) is 19.1 Å². The molecule has 0 radical (unpaired) electrons. The Morgan fingerprint density at radius 3 is 2.28 bits per heavy atom. The summed E-state index contributed by atoms with van der Waals surface area (Å²) >= 11 is 0. The Bertz CT molecular complexity index is 1570. The number of carbonyl (C=O) groups excluding carboxylic acids is 4. The van der Waals surface area contributed by atoms with Crippen LogP contribution in [0.5, 0.6) is 0 Å². The summed E-state index contributed by atoms with van der Waals surface area (Å²) in [4.78, 5) is 51.4. The number of ether oxygens (including phenoxy) is 5. The van der Waals surface area contributed by atoms with Gasteiger partial charge in [0.1, 0.15) is 24.1 Å². The largest absolute Gasteiger partial charge is 0.462 e. The monoisotopic (exact) mass is 698 g/mol. The SMILES string of the molecule is CC(=O)O[C@H]1C2[C@@](C)(CCC3C(O)(CCc4ccccc4F)C(C)=C[C@@H](OC(C)=O)[C@@]32C)C2C=CCOC[C@]2([C@@H](C)OC(C)=O)[C@H]1OC(C)=O. The lowest BCUT2D eigenvalue weighted by Gasteiger charge is -2.71. The minimum Gasteiger partial charge on any atom is -0.462 e. The third-order valence-corrected chi connectivity index (χ3v) is 12.4. The number of hydrogen-bond donors (Lipinski definition) is 1. The molecule has 5 rings (SSSR count). The number of allylic oxidation sites excluding steroid dienone is 1. The standard InChI is InChI=1S/C39H51FO10/c1-22-20-32(48-25(4)42)37(8)31(39(22,45)18-15-28-12-9-10-13-29(28)40)16-17-36(7)30-14-11-19-46-21-38(30,23(2)47-24(3)41)35(50-27(6)44)33(34(36)37)49-26(5)43/h9-14,20,23,30-35,45H,15-19,21H2,1-8H3/t23-,30?,31?,32-,33+,34?,35+,36+,37-,38-,39?/m1/s1. The van der Waals surface area contributed by atoms with Crippen molar-refractivity contribution in [3.05, 3.63) is 59.4 Å². The maximum Gasteiger partial charge on any atom is 0.303 e. The number of esters is 4. The number of fused-ring (bicyclic) bond motifs is 5. The number of aryl methyl sites for hydroxylation is 1. The summed E-state index contributed by atoms with van der Waals surface area (Å²) in [5.41, 5.74) is -3.48. The second kappa shape index (κ2) is 13.9. The highest BCUT2D eigenvalue weighted by atomic mass is 19.1. The number of rotatable bonds is 8. The molecule has 1 heterocycles. The van der Waals surface area contributed by atoms with Crippen LogP contribution in [0.4, 0.5) is 4.39 Å². The highest BCUT2D eigenvalue weighted by molar-refractivity contribution is 5.68. The van der Waals surface area contributed by atoms with Crippen molar-refractivity contribution in [3.8, 4) is 0 Å². The molecule has 4 unspecified atom stereocenters. The number of aliphatic hydroxyl groups is 1. The Labute approximate surface area is 293 Å². The third kappa shape index (κ3) is 6.18. The van der Waals surface area contributed by atoms with E-state index in [4.69, 9.17) is 23.7 Å². The molecule has 0 bridgehead atoms. The number of halogens is 1. The van der Waals surface area contributed by atoms with Gasteiger partial charge in [-0.3, -0.25) is 19.2 Å². The van der Waals surface area contributed by atoms with Crippen LogP contribution < -0.4 is 0 Å². The molecule has 4 aliphatic rings. The van der Waals surface area contributed by atoms with Crippen LogP contribution in [0.3, 0.4) is 0 Å². The average molecular weight is 699 g/mol. The van der Waals surface area contributed by atoms with Gasteiger partial charge in [0.15, 0.2) is 6.10 Å². The molecular formula is C39H51FO10. The van der Waals surface area contributed by atoms with E-state index in [1.54, 1.807) is 38.1 Å². The molecule has 1 aromatic carbocycles. The fourth-order valence-corrected chi connectivity index (χ4v) is 10.6. The summed E-state index contributed by atoms with van der Waals surface area (Å²) in [7, 11) is 0. The van der Waals surface area contributed by atoms with Crippen molar-refractivity contribution in [2.24, 2.45) is 34.0 Å². The zero-order chi connectivity index (χ0) is 36.8. The van der Waals surface area contributed by atoms with E-state index in [1.165, 1.54) is 33.8 Å². The van der Waals surface area contributed by atoms with Crippen molar-refractivity contribution >= 4 is 23.9 Å². The normalized spacial score (nSPS) is 38.2. The Kier molecular flexibility index (Phi) is 10.4. The zero-order valence-electron chi connectivity index (χ0n) is 30.3. The van der Waals surface area contributed by atoms with Gasteiger partial charge in [0.2, 0.25) is 0 Å². The molecular weight excluding hydrogens is 647 g/mol. The highest BCUT2D eigenvalue weighted by Crippen LogP contribution is 2.72. The molecule has 11 atom stereocenters. The zero-order valence-corrected chi connectivity index (χ0v) is 30.3. The first kappa shape index (κ1) is 37.7. The molecule has 274 valence electrons. The molecule has 50 heavy (non-hydrogen) atoms.